The fraction of sp³-hybridized carbons (Fsp3) is 0.308. The van der Waals surface area contributed by atoms with Crippen LogP contribution in [0.15, 0.2) is 72.9 Å². The lowest BCUT2D eigenvalue weighted by atomic mass is 9.74. The van der Waals surface area contributed by atoms with E-state index in [4.69, 9.17) is 4.98 Å². The van der Waals surface area contributed by atoms with E-state index >= 15 is 0 Å². The van der Waals surface area contributed by atoms with E-state index in [0.29, 0.717) is 0 Å². The highest BCUT2D eigenvalue weighted by atomic mass is 14.7. The normalized spacial score (nSPS) is 12.6. The van der Waals surface area contributed by atoms with E-state index < -0.39 is 0 Å². The van der Waals surface area contributed by atoms with Crippen LogP contribution in [0.4, 0.5) is 0 Å². The Bertz CT molecular complexity index is 1030. The Labute approximate surface area is 167 Å². The molecule has 0 radical (unpaired) electrons. The molecule has 4 aromatic rings. The van der Waals surface area contributed by atoms with Crippen molar-refractivity contribution >= 4 is 21.8 Å². The van der Waals surface area contributed by atoms with Gasteiger partial charge >= 0.3 is 0 Å². The minimum atomic E-state index is 0.0242. The van der Waals surface area contributed by atoms with Crippen LogP contribution in [0.5, 0.6) is 0 Å². The van der Waals surface area contributed by atoms with Gasteiger partial charge in [-0.1, -0.05) is 70.2 Å². The second kappa shape index (κ2) is 7.01. The molecule has 0 aliphatic heterocycles. The highest BCUT2D eigenvalue weighted by Crippen LogP contribution is 2.36. The fourth-order valence-electron chi connectivity index (χ4n) is 3.83. The van der Waals surface area contributed by atoms with Crippen LogP contribution < -0.4 is 0 Å². The maximum Gasteiger partial charge on any atom is 0.0705 e. The van der Waals surface area contributed by atoms with Crippen molar-refractivity contribution in [2.45, 2.75) is 51.4 Å². The van der Waals surface area contributed by atoms with Gasteiger partial charge in [0.05, 0.1) is 11.0 Å². The minimum Gasteiger partial charge on any atom is -0.256 e. The molecular weight excluding hydrogens is 340 g/mol. The number of nitrogens with zero attached hydrogens (tertiary/aromatic N) is 2. The lowest BCUT2D eigenvalue weighted by Gasteiger charge is -2.31. The van der Waals surface area contributed by atoms with E-state index in [1.165, 1.54) is 22.0 Å². The molecule has 0 saturated heterocycles. The molecule has 2 nitrogen and oxygen atoms in total. The molecule has 0 fully saturated rings. The Morgan fingerprint density at radius 1 is 0.679 bits per heavy atom. The van der Waals surface area contributed by atoms with E-state index in [-0.39, 0.29) is 10.8 Å². The Morgan fingerprint density at radius 3 is 2.21 bits per heavy atom. The third-order valence-electron chi connectivity index (χ3n) is 6.05. The third-order valence-corrected chi connectivity index (χ3v) is 6.05. The highest BCUT2D eigenvalue weighted by molar-refractivity contribution is 5.79. The van der Waals surface area contributed by atoms with Gasteiger partial charge in [-0.15, -0.1) is 0 Å². The topological polar surface area (TPSA) is 25.8 Å². The maximum atomic E-state index is 4.95. The van der Waals surface area contributed by atoms with Gasteiger partial charge in [0.2, 0.25) is 0 Å². The molecule has 0 spiro atoms. The van der Waals surface area contributed by atoms with Crippen molar-refractivity contribution in [3.05, 3.63) is 84.2 Å². The number of hydrogen-bond acceptors (Lipinski definition) is 2. The molecule has 142 valence electrons. The van der Waals surface area contributed by atoms with E-state index in [1.54, 1.807) is 0 Å². The summed E-state index contributed by atoms with van der Waals surface area (Å²) >= 11 is 0. The number of benzene rings is 2. The second-order valence-electron chi connectivity index (χ2n) is 9.07. The lowest BCUT2D eigenvalue weighted by Crippen LogP contribution is -2.25. The van der Waals surface area contributed by atoms with Crippen LogP contribution in [0.3, 0.4) is 0 Å². The van der Waals surface area contributed by atoms with Gasteiger partial charge in [-0.25, -0.2) is 0 Å². The summed E-state index contributed by atoms with van der Waals surface area (Å²) in [6, 6.07) is 23.5. The van der Waals surface area contributed by atoms with E-state index in [9.17, 15) is 0 Å². The van der Waals surface area contributed by atoms with Gasteiger partial charge in [0.25, 0.3) is 0 Å². The van der Waals surface area contributed by atoms with Gasteiger partial charge in [-0.05, 0) is 48.1 Å². The molecular formula is C26H28N2. The molecule has 0 N–H and O–H groups in total. The first kappa shape index (κ1) is 18.6. The van der Waals surface area contributed by atoms with Crippen molar-refractivity contribution in [3.8, 4) is 0 Å². The average molecular weight is 369 g/mol. The van der Waals surface area contributed by atoms with Crippen molar-refractivity contribution in [2.75, 3.05) is 0 Å². The zero-order valence-corrected chi connectivity index (χ0v) is 17.2. The third kappa shape index (κ3) is 3.64. The first-order valence-corrected chi connectivity index (χ1v) is 10.1. The molecule has 2 aromatic heterocycles. The van der Waals surface area contributed by atoms with Crippen LogP contribution in [-0.2, 0) is 10.8 Å². The first-order valence-electron chi connectivity index (χ1n) is 10.1. The van der Waals surface area contributed by atoms with Gasteiger partial charge in [0, 0.05) is 28.1 Å². The smallest absolute Gasteiger partial charge is 0.0705 e. The fourth-order valence-corrected chi connectivity index (χ4v) is 3.83. The number of para-hydroxylation sites is 1. The van der Waals surface area contributed by atoms with Gasteiger partial charge < -0.3 is 0 Å². The number of hydrogen-bond donors (Lipinski definition) is 0. The SMILES string of the molecule is CC(C)(CCC(C)(C)c1ccc2ccccc2n1)c1ccc2cccnc2c1. The quantitative estimate of drug-likeness (QED) is 0.386. The summed E-state index contributed by atoms with van der Waals surface area (Å²) < 4.78 is 0. The zero-order chi connectivity index (χ0) is 19.8. The molecule has 2 heteroatoms. The molecule has 0 unspecified atom stereocenters. The van der Waals surface area contributed by atoms with Crippen LogP contribution in [0, 0.1) is 0 Å². The zero-order valence-electron chi connectivity index (χ0n) is 17.2. The number of pyridine rings is 2. The minimum absolute atomic E-state index is 0.0242. The first-order chi connectivity index (χ1) is 13.4. The van der Waals surface area contributed by atoms with Gasteiger partial charge in [0.15, 0.2) is 0 Å². The lowest BCUT2D eigenvalue weighted by molar-refractivity contribution is 0.370. The van der Waals surface area contributed by atoms with Gasteiger partial charge in [-0.3, -0.25) is 9.97 Å². The number of aromatic nitrogens is 2. The molecule has 2 aromatic carbocycles. The van der Waals surface area contributed by atoms with E-state index in [0.717, 1.165) is 23.9 Å². The molecule has 0 aliphatic carbocycles. The van der Waals surface area contributed by atoms with E-state index in [2.05, 4.69) is 93.3 Å². The molecule has 28 heavy (non-hydrogen) atoms. The summed E-state index contributed by atoms with van der Waals surface area (Å²) in [6.07, 6.45) is 4.03. The van der Waals surface area contributed by atoms with E-state index in [1.807, 2.05) is 12.3 Å². The Hall–Kier alpha value is -2.74. The van der Waals surface area contributed by atoms with Crippen molar-refractivity contribution in [3.63, 3.8) is 0 Å². The standard InChI is InChI=1S/C26H28N2/c1-25(2,21-13-11-20-9-7-17-27-23(20)18-21)15-16-26(3,4)24-14-12-19-8-5-6-10-22(19)28-24/h5-14,17-18H,15-16H2,1-4H3. The van der Waals surface area contributed by atoms with Crippen LogP contribution in [0.25, 0.3) is 21.8 Å². The predicted molar refractivity (Wildman–Crippen MR) is 119 cm³/mol. The summed E-state index contributed by atoms with van der Waals surface area (Å²) in [5.74, 6) is 0. The van der Waals surface area contributed by atoms with Crippen molar-refractivity contribution in [2.24, 2.45) is 0 Å². The largest absolute Gasteiger partial charge is 0.256 e. The van der Waals surface area contributed by atoms with Crippen molar-refractivity contribution in [1.29, 1.82) is 0 Å². The second-order valence-corrected chi connectivity index (χ2v) is 9.07. The van der Waals surface area contributed by atoms with Crippen LogP contribution >= 0.6 is 0 Å². The molecule has 0 aliphatic rings. The summed E-state index contributed by atoms with van der Waals surface area (Å²) in [7, 11) is 0. The molecule has 0 atom stereocenters. The predicted octanol–water partition coefficient (Wildman–Crippen LogP) is 6.82. The average Bonchev–Trinajstić information content (AvgIpc) is 2.72. The van der Waals surface area contributed by atoms with Crippen LogP contribution in [0.2, 0.25) is 0 Å². The molecule has 0 bridgehead atoms. The number of fused-ring (bicyclic) bond motifs is 2. The van der Waals surface area contributed by atoms with Gasteiger partial charge in [-0.2, -0.15) is 0 Å². The van der Waals surface area contributed by atoms with Crippen molar-refractivity contribution in [1.82, 2.24) is 9.97 Å². The van der Waals surface area contributed by atoms with Crippen molar-refractivity contribution < 1.29 is 0 Å². The Kier molecular flexibility index (Phi) is 4.66. The molecule has 0 saturated carbocycles. The summed E-state index contributed by atoms with van der Waals surface area (Å²) in [6.45, 7) is 9.28. The Morgan fingerprint density at radius 2 is 1.36 bits per heavy atom. The maximum absolute atomic E-state index is 4.95. The molecule has 2 heterocycles. The van der Waals surface area contributed by atoms with Gasteiger partial charge in [0.1, 0.15) is 0 Å². The summed E-state index contributed by atoms with van der Waals surface area (Å²) in [5, 5.41) is 2.40. The number of rotatable bonds is 5. The highest BCUT2D eigenvalue weighted by Gasteiger charge is 2.28. The summed E-state index contributed by atoms with van der Waals surface area (Å²) in [4.78, 5) is 9.48. The molecule has 0 amide bonds. The van der Waals surface area contributed by atoms with Crippen LogP contribution in [0.1, 0.15) is 51.8 Å². The molecule has 4 rings (SSSR count). The Balaban J connectivity index is 1.56. The monoisotopic (exact) mass is 368 g/mol. The van der Waals surface area contributed by atoms with Crippen LogP contribution in [-0.4, -0.2) is 9.97 Å². The summed E-state index contributed by atoms with van der Waals surface area (Å²) in [5.41, 5.74) is 4.77.